The summed E-state index contributed by atoms with van der Waals surface area (Å²) < 4.78 is 79.8. The number of hydrogen-bond acceptors (Lipinski definition) is 6. The number of ether oxygens (including phenoxy) is 2. The van der Waals surface area contributed by atoms with Crippen molar-refractivity contribution in [1.29, 1.82) is 0 Å². The number of benzene rings is 2. The van der Waals surface area contributed by atoms with E-state index in [1.54, 1.807) is 6.07 Å². The van der Waals surface area contributed by atoms with Crippen LogP contribution in [-0.4, -0.2) is 52.8 Å². The predicted octanol–water partition coefficient (Wildman–Crippen LogP) is 4.05. The van der Waals surface area contributed by atoms with Crippen LogP contribution in [-0.2, 0) is 27.6 Å². The van der Waals surface area contributed by atoms with Crippen LogP contribution in [0.5, 0.6) is 11.5 Å². The maximum Gasteiger partial charge on any atom is 0.416 e. The molecule has 0 radical (unpaired) electrons. The van der Waals surface area contributed by atoms with Gasteiger partial charge >= 0.3 is 22.3 Å². The van der Waals surface area contributed by atoms with Crippen molar-refractivity contribution >= 4 is 16.1 Å². The number of carbonyl (C=O) groups excluding carboxylic acids is 1. The molecule has 0 fully saturated rings. The summed E-state index contributed by atoms with van der Waals surface area (Å²) in [4.78, 5) is 13.3. The topological polar surface area (TPSA) is 94.2 Å². The first-order valence-corrected chi connectivity index (χ1v) is 11.6. The van der Waals surface area contributed by atoms with Gasteiger partial charge in [0.2, 0.25) is 0 Å². The SMILES string of the molecule is COCCN(Cc1ccc(OC)c(OS(=O)(=O)c2cccc(C(F)(F)F)c2)c1)C(=O)NC(C)C. The van der Waals surface area contributed by atoms with E-state index in [1.807, 2.05) is 13.8 Å². The van der Waals surface area contributed by atoms with E-state index in [0.717, 1.165) is 18.2 Å². The fraction of sp³-hybridized carbons (Fsp3) is 0.409. The average molecular weight is 505 g/mol. The van der Waals surface area contributed by atoms with Crippen molar-refractivity contribution in [3.63, 3.8) is 0 Å². The minimum absolute atomic E-state index is 0.0503. The van der Waals surface area contributed by atoms with Gasteiger partial charge in [-0.15, -0.1) is 0 Å². The smallest absolute Gasteiger partial charge is 0.416 e. The molecule has 1 N–H and O–H groups in total. The zero-order chi connectivity index (χ0) is 25.5. The van der Waals surface area contributed by atoms with Gasteiger partial charge in [0, 0.05) is 26.2 Å². The van der Waals surface area contributed by atoms with Crippen molar-refractivity contribution in [2.75, 3.05) is 27.4 Å². The molecule has 0 saturated carbocycles. The lowest BCUT2D eigenvalue weighted by molar-refractivity contribution is -0.137. The summed E-state index contributed by atoms with van der Waals surface area (Å²) in [6.07, 6.45) is -4.72. The third-order valence-electron chi connectivity index (χ3n) is 4.52. The van der Waals surface area contributed by atoms with E-state index >= 15 is 0 Å². The number of amides is 2. The summed E-state index contributed by atoms with van der Waals surface area (Å²) >= 11 is 0. The highest BCUT2D eigenvalue weighted by molar-refractivity contribution is 7.87. The second kappa shape index (κ2) is 11.4. The van der Waals surface area contributed by atoms with E-state index in [2.05, 4.69) is 5.32 Å². The molecule has 0 heterocycles. The number of urea groups is 1. The zero-order valence-corrected chi connectivity index (χ0v) is 20.0. The molecule has 0 unspecified atom stereocenters. The van der Waals surface area contributed by atoms with Gasteiger partial charge in [-0.3, -0.25) is 0 Å². The van der Waals surface area contributed by atoms with Gasteiger partial charge in [-0.05, 0) is 49.7 Å². The van der Waals surface area contributed by atoms with Gasteiger partial charge in [0.15, 0.2) is 11.5 Å². The molecule has 8 nitrogen and oxygen atoms in total. The number of nitrogens with one attached hydrogen (secondary N) is 1. The Morgan fingerprint density at radius 3 is 2.38 bits per heavy atom. The maximum atomic E-state index is 13.0. The Kier molecular flexibility index (Phi) is 9.16. The second-order valence-corrected chi connectivity index (χ2v) is 9.11. The number of alkyl halides is 3. The lowest BCUT2D eigenvalue weighted by Gasteiger charge is -2.24. The first-order valence-electron chi connectivity index (χ1n) is 10.2. The van der Waals surface area contributed by atoms with E-state index in [1.165, 1.54) is 31.3 Å². The predicted molar refractivity (Wildman–Crippen MR) is 118 cm³/mol. The molecule has 0 aromatic heterocycles. The highest BCUT2D eigenvalue weighted by atomic mass is 32.2. The van der Waals surface area contributed by atoms with Crippen LogP contribution in [0.25, 0.3) is 0 Å². The molecule has 0 aliphatic heterocycles. The molecule has 2 amide bonds. The summed E-state index contributed by atoms with van der Waals surface area (Å²) in [5.74, 6) is -0.178. The Bertz CT molecular complexity index is 1090. The number of halogens is 3. The van der Waals surface area contributed by atoms with Crippen LogP contribution in [0.1, 0.15) is 25.0 Å². The summed E-state index contributed by atoms with van der Waals surface area (Å²) in [5, 5.41) is 2.77. The molecule has 0 atom stereocenters. The molecule has 0 aliphatic rings. The fourth-order valence-electron chi connectivity index (χ4n) is 2.89. The highest BCUT2D eigenvalue weighted by Crippen LogP contribution is 2.34. The molecule has 2 aromatic rings. The maximum absolute atomic E-state index is 13.0. The van der Waals surface area contributed by atoms with Crippen molar-refractivity contribution in [3.05, 3.63) is 53.6 Å². The molecule has 2 aromatic carbocycles. The highest BCUT2D eigenvalue weighted by Gasteiger charge is 2.32. The van der Waals surface area contributed by atoms with Gasteiger partial charge in [-0.2, -0.15) is 21.6 Å². The van der Waals surface area contributed by atoms with E-state index in [-0.39, 0.29) is 43.3 Å². The van der Waals surface area contributed by atoms with E-state index < -0.39 is 26.8 Å². The van der Waals surface area contributed by atoms with Gasteiger partial charge < -0.3 is 23.9 Å². The largest absolute Gasteiger partial charge is 0.493 e. The molecular weight excluding hydrogens is 477 g/mol. The Hall–Kier alpha value is -2.99. The van der Waals surface area contributed by atoms with E-state index in [4.69, 9.17) is 13.7 Å². The van der Waals surface area contributed by atoms with Gasteiger partial charge in [-0.25, -0.2) is 4.79 Å². The lowest BCUT2D eigenvalue weighted by atomic mass is 10.2. The van der Waals surface area contributed by atoms with Crippen molar-refractivity contribution in [1.82, 2.24) is 10.2 Å². The minimum atomic E-state index is -4.72. The third kappa shape index (κ3) is 7.52. The fourth-order valence-corrected chi connectivity index (χ4v) is 3.87. The number of carbonyl (C=O) groups is 1. The van der Waals surface area contributed by atoms with E-state index in [0.29, 0.717) is 11.6 Å². The van der Waals surface area contributed by atoms with Gasteiger partial charge in [0.25, 0.3) is 0 Å². The van der Waals surface area contributed by atoms with Crippen LogP contribution in [0.2, 0.25) is 0 Å². The van der Waals surface area contributed by atoms with Crippen LogP contribution in [0.15, 0.2) is 47.4 Å². The normalized spacial score (nSPS) is 11.9. The summed E-state index contributed by atoms with van der Waals surface area (Å²) in [7, 11) is -1.83. The number of methoxy groups -OCH3 is 2. The van der Waals surface area contributed by atoms with Crippen molar-refractivity contribution in [2.45, 2.75) is 37.5 Å². The average Bonchev–Trinajstić information content (AvgIpc) is 2.75. The van der Waals surface area contributed by atoms with Crippen molar-refractivity contribution in [2.24, 2.45) is 0 Å². The van der Waals surface area contributed by atoms with Crippen LogP contribution in [0.3, 0.4) is 0 Å². The quantitative estimate of drug-likeness (QED) is 0.491. The molecule has 0 bridgehead atoms. The van der Waals surface area contributed by atoms with Gasteiger partial charge in [0.1, 0.15) is 4.90 Å². The molecule has 0 spiro atoms. The van der Waals surface area contributed by atoms with E-state index in [9.17, 15) is 26.4 Å². The molecule has 0 saturated heterocycles. The first-order chi connectivity index (χ1) is 15.9. The molecule has 0 aliphatic carbocycles. The Labute approximate surface area is 196 Å². The zero-order valence-electron chi connectivity index (χ0n) is 19.2. The van der Waals surface area contributed by atoms with Gasteiger partial charge in [-0.1, -0.05) is 12.1 Å². The Morgan fingerprint density at radius 1 is 1.09 bits per heavy atom. The molecular formula is C22H27F3N2O6S. The van der Waals surface area contributed by atoms with Crippen LogP contribution < -0.4 is 14.2 Å². The molecule has 2 rings (SSSR count). The second-order valence-electron chi connectivity index (χ2n) is 7.57. The minimum Gasteiger partial charge on any atom is -0.493 e. The standard InChI is InChI=1S/C22H27F3N2O6S/c1-15(2)26-21(28)27(10-11-31-3)14-16-8-9-19(32-4)20(12-16)33-34(29,30)18-7-5-6-17(13-18)22(23,24)25/h5-9,12-13,15H,10-11,14H2,1-4H3,(H,26,28). The van der Waals surface area contributed by atoms with Crippen LogP contribution in [0, 0.1) is 0 Å². The first kappa shape index (κ1) is 27.3. The summed E-state index contributed by atoms with van der Waals surface area (Å²) in [6.45, 7) is 4.25. The van der Waals surface area contributed by atoms with Crippen molar-refractivity contribution < 1.29 is 40.0 Å². The van der Waals surface area contributed by atoms with Crippen LogP contribution in [0.4, 0.5) is 18.0 Å². The molecule has 188 valence electrons. The monoisotopic (exact) mass is 504 g/mol. The Balaban J connectivity index is 2.35. The number of rotatable bonds is 10. The Morgan fingerprint density at radius 2 is 1.79 bits per heavy atom. The number of hydrogen-bond donors (Lipinski definition) is 1. The summed E-state index contributed by atoms with van der Waals surface area (Å²) in [6, 6.07) is 7.20. The van der Waals surface area contributed by atoms with Crippen molar-refractivity contribution in [3.8, 4) is 11.5 Å². The van der Waals surface area contributed by atoms with Crippen LogP contribution >= 0.6 is 0 Å². The molecule has 34 heavy (non-hydrogen) atoms. The van der Waals surface area contributed by atoms with Gasteiger partial charge in [0.05, 0.1) is 19.3 Å². The lowest BCUT2D eigenvalue weighted by Crippen LogP contribution is -2.43. The third-order valence-corrected chi connectivity index (χ3v) is 5.75. The summed E-state index contributed by atoms with van der Waals surface area (Å²) in [5.41, 5.74) is -0.618. The number of nitrogens with zero attached hydrogens (tertiary/aromatic N) is 1. The molecule has 12 heteroatoms.